The minimum absolute atomic E-state index is 0.0313. The zero-order valence-corrected chi connectivity index (χ0v) is 17.4. The minimum atomic E-state index is 0.0313. The fourth-order valence-electron chi connectivity index (χ4n) is 3.09. The van der Waals surface area contributed by atoms with Gasteiger partial charge in [0, 0.05) is 28.4 Å². The Balaban J connectivity index is 1.55. The maximum Gasteiger partial charge on any atom is 0.168 e. The van der Waals surface area contributed by atoms with Gasteiger partial charge >= 0.3 is 0 Å². The molecule has 0 unspecified atom stereocenters. The van der Waals surface area contributed by atoms with Crippen molar-refractivity contribution < 1.29 is 9.53 Å². The Morgan fingerprint density at radius 1 is 1.03 bits per heavy atom. The fourth-order valence-corrected chi connectivity index (χ4v) is 3.78. The van der Waals surface area contributed by atoms with Crippen LogP contribution in [-0.4, -0.2) is 27.1 Å². The highest BCUT2D eigenvalue weighted by Gasteiger charge is 2.11. The largest absolute Gasteiger partial charge is 0.491 e. The third-order valence-electron chi connectivity index (χ3n) is 4.44. The van der Waals surface area contributed by atoms with Crippen molar-refractivity contribution in [2.24, 2.45) is 0 Å². The van der Waals surface area contributed by atoms with Crippen molar-refractivity contribution in [3.63, 3.8) is 0 Å². The Morgan fingerprint density at radius 3 is 2.52 bits per heavy atom. The first kappa shape index (κ1) is 19.2. The molecule has 0 aliphatic heterocycles. The molecule has 6 heteroatoms. The zero-order chi connectivity index (χ0) is 20.4. The van der Waals surface area contributed by atoms with Crippen LogP contribution in [0.4, 0.5) is 0 Å². The molecule has 4 aromatic rings. The van der Waals surface area contributed by atoms with E-state index in [4.69, 9.17) is 4.74 Å². The van der Waals surface area contributed by atoms with E-state index in [1.807, 2.05) is 57.3 Å². The van der Waals surface area contributed by atoms with E-state index in [0.29, 0.717) is 5.56 Å². The highest BCUT2D eigenvalue weighted by atomic mass is 32.1. The smallest absolute Gasteiger partial charge is 0.168 e. The highest BCUT2D eigenvalue weighted by molar-refractivity contribution is 7.14. The first-order chi connectivity index (χ1) is 14.0. The number of pyridine rings is 1. The monoisotopic (exact) mass is 403 g/mol. The number of fused-ring (bicyclic) bond motifs is 1. The summed E-state index contributed by atoms with van der Waals surface area (Å²) < 4.78 is 5.63. The average molecular weight is 404 g/mol. The number of carbonyl (C=O) groups excluding carboxylic acids is 1. The molecule has 29 heavy (non-hydrogen) atoms. The van der Waals surface area contributed by atoms with Crippen LogP contribution in [0.2, 0.25) is 0 Å². The van der Waals surface area contributed by atoms with Crippen molar-refractivity contribution >= 4 is 27.9 Å². The number of benzene rings is 2. The lowest BCUT2D eigenvalue weighted by atomic mass is 10.0. The maximum atomic E-state index is 12.7. The first-order valence-electron chi connectivity index (χ1n) is 9.47. The Bertz CT molecular complexity index is 1170. The number of Topliss-reactive ketones (excluding diaryl/α,β-unsaturated/α-hetero) is 1. The van der Waals surface area contributed by atoms with Gasteiger partial charge in [0.05, 0.1) is 12.5 Å². The molecule has 4 rings (SSSR count). The summed E-state index contributed by atoms with van der Waals surface area (Å²) >= 11 is 1.56. The Kier molecular flexibility index (Phi) is 5.36. The normalized spacial score (nSPS) is 11.2. The standard InChI is InChI=1S/C23H21N3O2S/c1-14(2)28-21-8-6-16(7-9-21)22(27)12-20-11-19-10-17(4-5-18(19)13-24-20)23-26-25-15(3)29-23/h4-11,13-14H,12H2,1-3H3. The van der Waals surface area contributed by atoms with E-state index >= 15 is 0 Å². The van der Waals surface area contributed by atoms with Crippen LogP contribution < -0.4 is 4.74 Å². The van der Waals surface area contributed by atoms with Crippen molar-refractivity contribution in [1.29, 1.82) is 0 Å². The van der Waals surface area contributed by atoms with E-state index in [1.54, 1.807) is 23.5 Å². The molecular weight excluding hydrogens is 382 g/mol. The molecule has 5 nitrogen and oxygen atoms in total. The molecule has 0 aliphatic rings. The molecule has 0 saturated carbocycles. The lowest BCUT2D eigenvalue weighted by molar-refractivity contribution is 0.0992. The number of nitrogens with zero attached hydrogens (tertiary/aromatic N) is 3. The predicted molar refractivity (Wildman–Crippen MR) is 116 cm³/mol. The van der Waals surface area contributed by atoms with Gasteiger partial charge in [-0.3, -0.25) is 9.78 Å². The van der Waals surface area contributed by atoms with Crippen LogP contribution in [0.25, 0.3) is 21.3 Å². The molecule has 0 N–H and O–H groups in total. The number of ether oxygens (including phenoxy) is 1. The number of aryl methyl sites for hydroxylation is 1. The second kappa shape index (κ2) is 8.09. The first-order valence-corrected chi connectivity index (χ1v) is 10.3. The van der Waals surface area contributed by atoms with Gasteiger partial charge in [0.25, 0.3) is 0 Å². The number of carbonyl (C=O) groups is 1. The van der Waals surface area contributed by atoms with Gasteiger partial charge in [-0.2, -0.15) is 0 Å². The summed E-state index contributed by atoms with van der Waals surface area (Å²) in [5.41, 5.74) is 2.42. The van der Waals surface area contributed by atoms with Gasteiger partial charge in [0.2, 0.25) is 0 Å². The van der Waals surface area contributed by atoms with Gasteiger partial charge in [-0.15, -0.1) is 10.2 Å². The van der Waals surface area contributed by atoms with E-state index in [2.05, 4.69) is 21.2 Å². The lowest BCUT2D eigenvalue weighted by Gasteiger charge is -2.10. The molecular formula is C23H21N3O2S. The third-order valence-corrected chi connectivity index (χ3v) is 5.33. The van der Waals surface area contributed by atoms with Crippen LogP contribution in [0.5, 0.6) is 5.75 Å². The topological polar surface area (TPSA) is 65.0 Å². The molecule has 2 aromatic carbocycles. The molecule has 0 saturated heterocycles. The molecule has 146 valence electrons. The maximum absolute atomic E-state index is 12.7. The van der Waals surface area contributed by atoms with Crippen LogP contribution in [0.15, 0.2) is 54.7 Å². The van der Waals surface area contributed by atoms with E-state index < -0.39 is 0 Å². The summed E-state index contributed by atoms with van der Waals surface area (Å²) in [5.74, 6) is 0.795. The number of ketones is 1. The molecule has 0 aliphatic carbocycles. The summed E-state index contributed by atoms with van der Waals surface area (Å²) in [4.78, 5) is 17.1. The lowest BCUT2D eigenvalue weighted by Crippen LogP contribution is -2.07. The zero-order valence-electron chi connectivity index (χ0n) is 16.5. The van der Waals surface area contributed by atoms with E-state index in [-0.39, 0.29) is 18.3 Å². The van der Waals surface area contributed by atoms with Crippen LogP contribution in [0.1, 0.15) is 34.9 Å². The second-order valence-electron chi connectivity index (χ2n) is 7.15. The molecule has 0 fully saturated rings. The molecule has 0 bridgehead atoms. The van der Waals surface area contributed by atoms with Gasteiger partial charge < -0.3 is 4.74 Å². The Hall–Kier alpha value is -3.12. The second-order valence-corrected chi connectivity index (χ2v) is 8.34. The van der Waals surface area contributed by atoms with Crippen molar-refractivity contribution in [3.05, 3.63) is 71.0 Å². The summed E-state index contributed by atoms with van der Waals surface area (Å²) in [6.45, 7) is 5.89. The molecule has 0 spiro atoms. The SMILES string of the molecule is Cc1nnc(-c2ccc3cnc(CC(=O)c4ccc(OC(C)C)cc4)cc3c2)s1. The summed E-state index contributed by atoms with van der Waals surface area (Å²) in [5, 5.41) is 12.2. The third kappa shape index (κ3) is 4.49. The number of hydrogen-bond donors (Lipinski definition) is 0. The molecule has 2 heterocycles. The van der Waals surface area contributed by atoms with Crippen LogP contribution in [0.3, 0.4) is 0 Å². The predicted octanol–water partition coefficient (Wildman–Crippen LogP) is 5.27. The average Bonchev–Trinajstić information content (AvgIpc) is 3.14. The fraction of sp³-hybridized carbons (Fsp3) is 0.217. The quantitative estimate of drug-likeness (QED) is 0.410. The molecule has 0 atom stereocenters. The van der Waals surface area contributed by atoms with Gasteiger partial charge in [-0.05, 0) is 62.6 Å². The highest BCUT2D eigenvalue weighted by Crippen LogP contribution is 2.27. The summed E-state index contributed by atoms with van der Waals surface area (Å²) in [6, 6.07) is 15.4. The van der Waals surface area contributed by atoms with Crippen molar-refractivity contribution in [1.82, 2.24) is 15.2 Å². The van der Waals surface area contributed by atoms with Crippen LogP contribution >= 0.6 is 11.3 Å². The van der Waals surface area contributed by atoms with Gasteiger partial charge in [0.15, 0.2) is 5.78 Å². The Morgan fingerprint density at radius 2 is 1.83 bits per heavy atom. The van der Waals surface area contributed by atoms with Crippen LogP contribution in [-0.2, 0) is 6.42 Å². The summed E-state index contributed by atoms with van der Waals surface area (Å²) in [7, 11) is 0. The van der Waals surface area contributed by atoms with E-state index in [9.17, 15) is 4.79 Å². The molecule has 0 amide bonds. The van der Waals surface area contributed by atoms with Gasteiger partial charge in [-0.1, -0.05) is 23.5 Å². The number of hydrogen-bond acceptors (Lipinski definition) is 6. The van der Waals surface area contributed by atoms with Gasteiger partial charge in [-0.25, -0.2) is 0 Å². The van der Waals surface area contributed by atoms with Crippen LogP contribution in [0, 0.1) is 6.92 Å². The Labute approximate surface area is 173 Å². The number of aromatic nitrogens is 3. The van der Waals surface area contributed by atoms with E-state index in [0.717, 1.165) is 37.8 Å². The van der Waals surface area contributed by atoms with Gasteiger partial charge in [0.1, 0.15) is 15.8 Å². The van der Waals surface area contributed by atoms with Crippen molar-refractivity contribution in [3.8, 4) is 16.3 Å². The number of rotatable bonds is 6. The summed E-state index contributed by atoms with van der Waals surface area (Å²) in [6.07, 6.45) is 2.17. The molecule has 0 radical (unpaired) electrons. The minimum Gasteiger partial charge on any atom is -0.491 e. The van der Waals surface area contributed by atoms with Crippen molar-refractivity contribution in [2.75, 3.05) is 0 Å². The van der Waals surface area contributed by atoms with E-state index in [1.165, 1.54) is 0 Å². The molecule has 2 aromatic heterocycles. The van der Waals surface area contributed by atoms with Crippen molar-refractivity contribution in [2.45, 2.75) is 33.3 Å².